The Balaban J connectivity index is 1.60. The summed E-state index contributed by atoms with van der Waals surface area (Å²) >= 11 is 1.61. The van der Waals surface area contributed by atoms with E-state index in [9.17, 15) is 9.59 Å². The lowest BCUT2D eigenvalue weighted by Gasteiger charge is -2.14. The Hall–Kier alpha value is -1.62. The minimum Gasteiger partial charge on any atom is -0.352 e. The zero-order valence-electron chi connectivity index (χ0n) is 10.8. The number of carbonyl (C=O) groups excluding carboxylic acids is 2. The van der Waals surface area contributed by atoms with Crippen LogP contribution in [0.4, 0.5) is 0 Å². The van der Waals surface area contributed by atoms with E-state index in [0.717, 1.165) is 31.5 Å². The molecule has 0 atom stereocenters. The molecule has 2 heterocycles. The van der Waals surface area contributed by atoms with Crippen LogP contribution in [0.15, 0.2) is 22.9 Å². The van der Waals surface area contributed by atoms with Crippen molar-refractivity contribution in [1.82, 2.24) is 10.2 Å². The number of nitrogens with one attached hydrogen (secondary N) is 1. The summed E-state index contributed by atoms with van der Waals surface area (Å²) in [7, 11) is 0. The van der Waals surface area contributed by atoms with Crippen molar-refractivity contribution in [2.75, 3.05) is 19.6 Å². The standard InChI is InChI=1S/C14H18N2O2S/c17-13(5-4-12-6-10-19-11-12)15-7-2-9-16-8-1-3-14(16)18/h4-6,10-11H,1-3,7-9H2,(H,15,17)/b5-4+. The van der Waals surface area contributed by atoms with E-state index in [1.165, 1.54) is 0 Å². The van der Waals surface area contributed by atoms with Gasteiger partial charge in [0, 0.05) is 32.1 Å². The van der Waals surface area contributed by atoms with Gasteiger partial charge in [-0.15, -0.1) is 0 Å². The molecule has 4 nitrogen and oxygen atoms in total. The van der Waals surface area contributed by atoms with Crippen LogP contribution in [-0.2, 0) is 9.59 Å². The van der Waals surface area contributed by atoms with Gasteiger partial charge in [-0.05, 0) is 41.3 Å². The summed E-state index contributed by atoms with van der Waals surface area (Å²) in [6.45, 7) is 2.22. The molecule has 1 saturated heterocycles. The number of hydrogen-bond donors (Lipinski definition) is 1. The molecule has 1 aliphatic rings. The molecule has 5 heteroatoms. The van der Waals surface area contributed by atoms with E-state index in [1.54, 1.807) is 23.5 Å². The topological polar surface area (TPSA) is 49.4 Å². The molecule has 19 heavy (non-hydrogen) atoms. The Morgan fingerprint density at radius 2 is 2.42 bits per heavy atom. The highest BCUT2D eigenvalue weighted by Gasteiger charge is 2.18. The Kier molecular flexibility index (Phi) is 5.15. The fraction of sp³-hybridized carbons (Fsp3) is 0.429. The van der Waals surface area contributed by atoms with Crippen molar-refractivity contribution in [1.29, 1.82) is 0 Å². The molecule has 2 rings (SSSR count). The average Bonchev–Trinajstić information content (AvgIpc) is 3.04. The summed E-state index contributed by atoms with van der Waals surface area (Å²) in [5.74, 6) is 0.155. The molecule has 0 unspecified atom stereocenters. The van der Waals surface area contributed by atoms with Gasteiger partial charge in [-0.1, -0.05) is 0 Å². The van der Waals surface area contributed by atoms with Crippen LogP contribution in [0.3, 0.4) is 0 Å². The van der Waals surface area contributed by atoms with E-state index < -0.39 is 0 Å². The number of thiophene rings is 1. The molecule has 0 aromatic carbocycles. The summed E-state index contributed by atoms with van der Waals surface area (Å²) < 4.78 is 0. The summed E-state index contributed by atoms with van der Waals surface area (Å²) in [5.41, 5.74) is 1.04. The fourth-order valence-electron chi connectivity index (χ4n) is 2.02. The van der Waals surface area contributed by atoms with Crippen molar-refractivity contribution in [3.05, 3.63) is 28.5 Å². The van der Waals surface area contributed by atoms with E-state index in [0.29, 0.717) is 13.0 Å². The first-order chi connectivity index (χ1) is 9.25. The van der Waals surface area contributed by atoms with Crippen LogP contribution in [0.25, 0.3) is 6.08 Å². The lowest BCUT2D eigenvalue weighted by molar-refractivity contribution is -0.127. The highest BCUT2D eigenvalue weighted by Crippen LogP contribution is 2.09. The first kappa shape index (κ1) is 13.8. The van der Waals surface area contributed by atoms with Crippen molar-refractivity contribution < 1.29 is 9.59 Å². The minimum atomic E-state index is -0.0843. The van der Waals surface area contributed by atoms with E-state index >= 15 is 0 Å². The van der Waals surface area contributed by atoms with Crippen LogP contribution in [0.2, 0.25) is 0 Å². The molecule has 1 aromatic heterocycles. The summed E-state index contributed by atoms with van der Waals surface area (Å²) in [6.07, 6.45) is 5.80. The lowest BCUT2D eigenvalue weighted by atomic mass is 10.3. The monoisotopic (exact) mass is 278 g/mol. The van der Waals surface area contributed by atoms with Crippen molar-refractivity contribution >= 4 is 29.2 Å². The number of carbonyl (C=O) groups is 2. The Labute approximate surface area is 117 Å². The summed E-state index contributed by atoms with van der Waals surface area (Å²) in [5, 5.41) is 6.79. The normalized spacial score (nSPS) is 15.4. The molecule has 1 aliphatic heterocycles. The Bertz CT molecular complexity index is 454. The van der Waals surface area contributed by atoms with Crippen molar-refractivity contribution in [3.63, 3.8) is 0 Å². The molecule has 0 spiro atoms. The van der Waals surface area contributed by atoms with Crippen LogP contribution < -0.4 is 5.32 Å². The van der Waals surface area contributed by atoms with Crippen LogP contribution in [0.5, 0.6) is 0 Å². The lowest BCUT2D eigenvalue weighted by Crippen LogP contribution is -2.29. The van der Waals surface area contributed by atoms with Crippen LogP contribution in [0.1, 0.15) is 24.8 Å². The molecule has 1 aromatic rings. The fourth-order valence-corrected chi connectivity index (χ4v) is 2.65. The van der Waals surface area contributed by atoms with Gasteiger partial charge in [-0.3, -0.25) is 9.59 Å². The van der Waals surface area contributed by atoms with Crippen molar-refractivity contribution in [2.45, 2.75) is 19.3 Å². The van der Waals surface area contributed by atoms with Crippen molar-refractivity contribution in [3.8, 4) is 0 Å². The van der Waals surface area contributed by atoms with Gasteiger partial charge in [0.1, 0.15) is 0 Å². The first-order valence-electron chi connectivity index (χ1n) is 6.51. The second kappa shape index (κ2) is 7.09. The van der Waals surface area contributed by atoms with Crippen LogP contribution in [0, 0.1) is 0 Å². The number of nitrogens with zero attached hydrogens (tertiary/aromatic N) is 1. The van der Waals surface area contributed by atoms with Gasteiger partial charge in [-0.25, -0.2) is 0 Å². The summed E-state index contributed by atoms with van der Waals surface area (Å²) in [4.78, 5) is 24.8. The van der Waals surface area contributed by atoms with Gasteiger partial charge in [0.25, 0.3) is 0 Å². The molecular formula is C14H18N2O2S. The molecule has 0 aliphatic carbocycles. The van der Waals surface area contributed by atoms with E-state index in [4.69, 9.17) is 0 Å². The largest absolute Gasteiger partial charge is 0.352 e. The maximum Gasteiger partial charge on any atom is 0.244 e. The van der Waals surface area contributed by atoms with Gasteiger partial charge in [0.2, 0.25) is 11.8 Å². The number of rotatable bonds is 6. The first-order valence-corrected chi connectivity index (χ1v) is 7.46. The Morgan fingerprint density at radius 3 is 3.11 bits per heavy atom. The van der Waals surface area contributed by atoms with E-state index in [1.807, 2.05) is 21.7 Å². The molecule has 2 amide bonds. The quantitative estimate of drug-likeness (QED) is 0.638. The molecule has 1 N–H and O–H groups in total. The zero-order valence-corrected chi connectivity index (χ0v) is 11.6. The zero-order chi connectivity index (χ0) is 13.5. The third-order valence-electron chi connectivity index (χ3n) is 3.05. The third kappa shape index (κ3) is 4.52. The van der Waals surface area contributed by atoms with Gasteiger partial charge in [-0.2, -0.15) is 11.3 Å². The molecule has 0 radical (unpaired) electrons. The number of amides is 2. The number of likely N-dealkylation sites (tertiary alicyclic amines) is 1. The molecule has 1 fully saturated rings. The van der Waals surface area contributed by atoms with Crippen LogP contribution in [-0.4, -0.2) is 36.3 Å². The van der Waals surface area contributed by atoms with Gasteiger partial charge in [0.05, 0.1) is 0 Å². The third-order valence-corrected chi connectivity index (χ3v) is 3.75. The maximum absolute atomic E-state index is 11.5. The average molecular weight is 278 g/mol. The summed E-state index contributed by atoms with van der Waals surface area (Å²) in [6, 6.07) is 1.97. The second-order valence-corrected chi connectivity index (χ2v) is 5.30. The highest BCUT2D eigenvalue weighted by molar-refractivity contribution is 7.08. The Morgan fingerprint density at radius 1 is 1.53 bits per heavy atom. The molecule has 0 saturated carbocycles. The van der Waals surface area contributed by atoms with Gasteiger partial charge >= 0.3 is 0 Å². The van der Waals surface area contributed by atoms with E-state index in [2.05, 4.69) is 5.32 Å². The predicted molar refractivity (Wildman–Crippen MR) is 76.8 cm³/mol. The van der Waals surface area contributed by atoms with Crippen molar-refractivity contribution in [2.24, 2.45) is 0 Å². The smallest absolute Gasteiger partial charge is 0.244 e. The van der Waals surface area contributed by atoms with Gasteiger partial charge in [0.15, 0.2) is 0 Å². The van der Waals surface area contributed by atoms with Crippen LogP contribution >= 0.6 is 11.3 Å². The molecule has 102 valence electrons. The second-order valence-electron chi connectivity index (χ2n) is 4.52. The van der Waals surface area contributed by atoms with E-state index in [-0.39, 0.29) is 11.8 Å². The minimum absolute atomic E-state index is 0.0843. The number of hydrogen-bond acceptors (Lipinski definition) is 3. The molecule has 0 bridgehead atoms. The molecular weight excluding hydrogens is 260 g/mol. The predicted octanol–water partition coefficient (Wildman–Crippen LogP) is 1.89. The SMILES string of the molecule is O=C(/C=C/c1ccsc1)NCCCN1CCCC1=O. The van der Waals surface area contributed by atoms with Gasteiger partial charge < -0.3 is 10.2 Å². The maximum atomic E-state index is 11.5. The highest BCUT2D eigenvalue weighted by atomic mass is 32.1.